The molecule has 0 saturated heterocycles. The zero-order chi connectivity index (χ0) is 2.71. The Morgan fingerprint density at radius 1 is 1.25 bits per heavy atom. The van der Waals surface area contributed by atoms with Gasteiger partial charge in [0.25, 0.3) is 0 Å². The van der Waals surface area contributed by atoms with Gasteiger partial charge in [-0.05, 0) is 0 Å². The molecule has 0 rings (SSSR count). The molecule has 0 saturated carbocycles. The van der Waals surface area contributed by atoms with Gasteiger partial charge >= 0.3 is 0 Å². The molecule has 0 aliphatic heterocycles. The van der Waals surface area contributed by atoms with Crippen LogP contribution >= 0.6 is 9.90 Å². The number of hydrogen-bond acceptors (Lipinski definition) is 3. The molecule has 0 aromatic carbocycles. The highest BCUT2D eigenvalue weighted by molar-refractivity contribution is 6.92. The Hall–Kier alpha value is 0.310. The first-order chi connectivity index (χ1) is 1.41. The van der Waals surface area contributed by atoms with Gasteiger partial charge in [0.2, 0.25) is 0 Å². The van der Waals surface area contributed by atoms with Crippen LogP contribution in [0.15, 0.2) is 0 Å². The van der Waals surface area contributed by atoms with E-state index in [1.54, 1.807) is 0 Å². The summed E-state index contributed by atoms with van der Waals surface area (Å²) in [6, 6.07) is 0. The molecule has 3 nitrogen and oxygen atoms in total. The van der Waals surface area contributed by atoms with E-state index in [4.69, 9.17) is 0 Å². The average Bonchev–Trinajstić information content (AvgIpc) is 0.918. The average molecular weight is 82.0 g/mol. The monoisotopic (exact) mass is 82.0 g/mol. The van der Waals surface area contributed by atoms with Gasteiger partial charge in [0, 0.05) is 0 Å². The van der Waals surface area contributed by atoms with E-state index in [-0.39, 0.29) is 9.90 Å². The Morgan fingerprint density at radius 3 is 1.25 bits per heavy atom. The maximum absolute atomic E-state index is 4.12. The van der Waals surface area contributed by atoms with Crippen LogP contribution in [0.5, 0.6) is 0 Å². The number of nitrogens with two attached hydrogens (primary N) is 2. The molecule has 0 bridgehead atoms. The topological polar surface area (TPSA) is 61.3 Å². The minimum atomic E-state index is 0. The summed E-state index contributed by atoms with van der Waals surface area (Å²) in [5.74, 6) is 8.25. The van der Waals surface area contributed by atoms with E-state index in [9.17, 15) is 0 Å². The smallest absolute Gasteiger partial charge is 0.153 e. The maximum atomic E-state index is 4.12. The molecule has 0 aromatic heterocycles. The van der Waals surface area contributed by atoms with Crippen molar-refractivity contribution >= 4 is 9.90 Å². The Bertz CT molecular complexity index is 6.00. The minimum Gasteiger partial charge on any atom is -0.220 e. The van der Waals surface area contributed by atoms with Crippen LogP contribution in [0.4, 0.5) is 0 Å². The van der Waals surface area contributed by atoms with Crippen molar-refractivity contribution in [2.24, 2.45) is 11.8 Å². The van der Waals surface area contributed by atoms with Gasteiger partial charge in [0.15, 0.2) is 0 Å². The normalized spacial score (nSPS) is 4.50. The Labute approximate surface area is 27.8 Å². The van der Waals surface area contributed by atoms with Crippen molar-refractivity contribution in [3.05, 3.63) is 0 Å². The molecule has 0 aliphatic rings. The molecule has 0 amide bonds. The molecule has 1 atom stereocenters. The van der Waals surface area contributed by atoms with E-state index in [1.807, 2.05) is 0 Å². The molecule has 0 aromatic rings. The van der Waals surface area contributed by atoms with Gasteiger partial charge in [-0.15, -0.1) is 0 Å². The second-order valence-electron chi connectivity index (χ2n) is 0.136. The van der Waals surface area contributed by atoms with Crippen LogP contribution < -0.4 is 11.8 Å². The summed E-state index contributed by atoms with van der Waals surface area (Å²) < 4.78 is 0. The summed E-state index contributed by atoms with van der Waals surface area (Å²) in [5.41, 5.74) is 0. The minimum absolute atomic E-state index is 0. The standard InChI is InChI=1S/H4N2O.H3P/c1-3-2;/h1-2H2;1H3. The van der Waals surface area contributed by atoms with Crippen molar-refractivity contribution in [1.82, 2.24) is 0 Å². The molecular weight excluding hydrogens is 75.0 g/mol. The summed E-state index contributed by atoms with van der Waals surface area (Å²) in [6.45, 7) is 0. The highest BCUT2D eigenvalue weighted by atomic mass is 31.0. The third-order valence-corrected chi connectivity index (χ3v) is 0. The third kappa shape index (κ3) is 41.3. The Balaban J connectivity index is 0. The van der Waals surface area contributed by atoms with E-state index in [0.717, 1.165) is 0 Å². The second-order valence-corrected chi connectivity index (χ2v) is 0.136. The van der Waals surface area contributed by atoms with Gasteiger partial charge in [-0.25, -0.2) is 4.94 Å². The molecule has 4 heavy (non-hydrogen) atoms. The van der Waals surface area contributed by atoms with Crippen LogP contribution in [0.3, 0.4) is 0 Å². The Morgan fingerprint density at radius 2 is 1.25 bits per heavy atom. The van der Waals surface area contributed by atoms with Crippen molar-refractivity contribution < 1.29 is 4.94 Å². The van der Waals surface area contributed by atoms with Gasteiger partial charge in [-0.3, -0.25) is 0 Å². The van der Waals surface area contributed by atoms with E-state index in [1.165, 1.54) is 0 Å². The molecule has 4 heteroatoms. The first kappa shape index (κ1) is 8.85. The van der Waals surface area contributed by atoms with Crippen molar-refractivity contribution in [2.75, 3.05) is 0 Å². The Kier molecular flexibility index (Phi) is 22.8. The molecule has 0 heterocycles. The molecule has 0 radical (unpaired) electrons. The van der Waals surface area contributed by atoms with Gasteiger partial charge < -0.3 is 0 Å². The van der Waals surface area contributed by atoms with Gasteiger partial charge in [-0.2, -0.15) is 21.7 Å². The van der Waals surface area contributed by atoms with E-state index in [2.05, 4.69) is 16.7 Å². The van der Waals surface area contributed by atoms with Gasteiger partial charge in [-0.1, -0.05) is 0 Å². The second kappa shape index (κ2) is 10.3. The predicted molar refractivity (Wildman–Crippen MR) is 20.6 cm³/mol. The van der Waals surface area contributed by atoms with Crippen molar-refractivity contribution in [1.29, 1.82) is 0 Å². The van der Waals surface area contributed by atoms with Gasteiger partial charge in [0.1, 0.15) is 0 Å². The zero-order valence-corrected chi connectivity index (χ0v) is 3.68. The fourth-order valence-corrected chi connectivity index (χ4v) is 0. The first-order valence-corrected chi connectivity index (χ1v) is 0.471. The molecule has 28 valence electrons. The maximum Gasteiger partial charge on any atom is -0.153 e. The highest BCUT2D eigenvalue weighted by Gasteiger charge is 1.21. The highest BCUT2D eigenvalue weighted by Crippen LogP contribution is 0.949. The molecule has 1 unspecified atom stereocenters. The van der Waals surface area contributed by atoms with Crippen LogP contribution in [0.25, 0.3) is 0 Å². The SMILES string of the molecule is NON.P. The van der Waals surface area contributed by atoms with Gasteiger partial charge in [0.05, 0.1) is 0 Å². The lowest BCUT2D eigenvalue weighted by molar-refractivity contribution is 0.142. The van der Waals surface area contributed by atoms with Crippen LogP contribution in [0.2, 0.25) is 0 Å². The van der Waals surface area contributed by atoms with Crippen molar-refractivity contribution in [3.63, 3.8) is 0 Å². The predicted octanol–water partition coefficient (Wildman–Crippen LogP) is -1.19. The molecule has 4 N–H and O–H groups in total. The number of hydrogen-bond donors (Lipinski definition) is 2. The van der Waals surface area contributed by atoms with E-state index in [0.29, 0.717) is 0 Å². The van der Waals surface area contributed by atoms with Crippen LogP contribution in [0, 0.1) is 0 Å². The van der Waals surface area contributed by atoms with Crippen molar-refractivity contribution in [2.45, 2.75) is 0 Å². The summed E-state index contributed by atoms with van der Waals surface area (Å²) in [6.07, 6.45) is 0. The summed E-state index contributed by atoms with van der Waals surface area (Å²) in [4.78, 5) is 3.25. The zero-order valence-electron chi connectivity index (χ0n) is 2.27. The third-order valence-electron chi connectivity index (χ3n) is 0. The lowest BCUT2D eigenvalue weighted by Crippen LogP contribution is -2.03. The van der Waals surface area contributed by atoms with Crippen LogP contribution in [0.1, 0.15) is 0 Å². The molecule has 0 aliphatic carbocycles. The largest absolute Gasteiger partial charge is 0.220 e. The quantitative estimate of drug-likeness (QED) is 0.285. The lowest BCUT2D eigenvalue weighted by Gasteiger charge is -1.62. The van der Waals surface area contributed by atoms with Crippen LogP contribution in [-0.4, -0.2) is 0 Å². The summed E-state index contributed by atoms with van der Waals surface area (Å²) >= 11 is 0. The summed E-state index contributed by atoms with van der Waals surface area (Å²) in [5, 5.41) is 0. The lowest BCUT2D eigenvalue weighted by atomic mass is 13.3. The molecule has 0 spiro atoms. The number of rotatable bonds is 0. The van der Waals surface area contributed by atoms with E-state index >= 15 is 0 Å². The fraction of sp³-hybridized carbons (Fsp3) is 0. The molecule has 0 fully saturated rings. The first-order valence-electron chi connectivity index (χ1n) is 0.471. The fourth-order valence-electron chi connectivity index (χ4n) is 0. The van der Waals surface area contributed by atoms with Crippen LogP contribution in [-0.2, 0) is 4.94 Å². The van der Waals surface area contributed by atoms with E-state index < -0.39 is 0 Å². The summed E-state index contributed by atoms with van der Waals surface area (Å²) in [7, 11) is 0. The van der Waals surface area contributed by atoms with Crippen molar-refractivity contribution in [3.8, 4) is 0 Å². The molecular formula is H7N2OP.